The lowest BCUT2D eigenvalue weighted by molar-refractivity contribution is -0.119. The van der Waals surface area contributed by atoms with Gasteiger partial charge >= 0.3 is 0 Å². The van der Waals surface area contributed by atoms with E-state index in [1.807, 2.05) is 0 Å². The highest BCUT2D eigenvalue weighted by Gasteiger charge is 2.11. The molecule has 1 aliphatic rings. The quantitative estimate of drug-likeness (QED) is 0.509. The molecular formula is C9H14O. The summed E-state index contributed by atoms with van der Waals surface area (Å²) >= 11 is 0. The molecule has 1 aliphatic carbocycles. The molecule has 1 rings (SSSR count). The summed E-state index contributed by atoms with van der Waals surface area (Å²) in [6.07, 6.45) is 7.03. The van der Waals surface area contributed by atoms with Crippen LogP contribution in [0.5, 0.6) is 0 Å². The van der Waals surface area contributed by atoms with Crippen LogP contribution in [-0.4, -0.2) is 5.78 Å². The van der Waals surface area contributed by atoms with Crippen molar-refractivity contribution in [2.24, 2.45) is 0 Å². The normalized spacial score (nSPS) is 23.7. The van der Waals surface area contributed by atoms with E-state index in [9.17, 15) is 4.79 Å². The lowest BCUT2D eigenvalue weighted by atomic mass is 9.93. The van der Waals surface area contributed by atoms with E-state index in [-0.39, 0.29) is 0 Å². The second-order valence-electron chi connectivity index (χ2n) is 2.84. The summed E-state index contributed by atoms with van der Waals surface area (Å²) in [5, 5.41) is 0. The first kappa shape index (κ1) is 7.52. The molecule has 0 aromatic heterocycles. The lowest BCUT2D eigenvalue weighted by Gasteiger charge is -2.11. The van der Waals surface area contributed by atoms with Crippen LogP contribution in [0.25, 0.3) is 0 Å². The van der Waals surface area contributed by atoms with Gasteiger partial charge in [0.15, 0.2) is 0 Å². The van der Waals surface area contributed by atoms with Crippen molar-refractivity contribution < 1.29 is 4.79 Å². The number of carbonyl (C=O) groups excluding carboxylic acids is 1. The zero-order valence-electron chi connectivity index (χ0n) is 6.52. The highest BCUT2D eigenvalue weighted by Crippen LogP contribution is 2.20. The Bertz CT molecular complexity index is 156. The molecule has 0 aromatic rings. The van der Waals surface area contributed by atoms with Crippen molar-refractivity contribution in [2.45, 2.75) is 39.0 Å². The fourth-order valence-corrected chi connectivity index (χ4v) is 1.41. The second kappa shape index (κ2) is 3.55. The van der Waals surface area contributed by atoms with Gasteiger partial charge in [-0.1, -0.05) is 18.6 Å². The van der Waals surface area contributed by atoms with Crippen molar-refractivity contribution in [3.63, 3.8) is 0 Å². The molecule has 0 amide bonds. The third kappa shape index (κ3) is 1.98. The Morgan fingerprint density at radius 2 is 2.30 bits per heavy atom. The van der Waals surface area contributed by atoms with Gasteiger partial charge in [0.25, 0.3) is 0 Å². The smallest absolute Gasteiger partial charge is 0.136 e. The van der Waals surface area contributed by atoms with E-state index in [0.717, 1.165) is 32.1 Å². The van der Waals surface area contributed by atoms with Gasteiger partial charge < -0.3 is 0 Å². The minimum atomic E-state index is 0.422. The van der Waals surface area contributed by atoms with Crippen molar-refractivity contribution in [2.75, 3.05) is 0 Å². The molecule has 1 fully saturated rings. The number of Topliss-reactive ketones (excluding diaryl/α,β-unsaturated/α-hetero) is 1. The van der Waals surface area contributed by atoms with Crippen LogP contribution in [0.2, 0.25) is 0 Å². The highest BCUT2D eigenvalue weighted by molar-refractivity contribution is 5.81. The molecule has 0 unspecified atom stereocenters. The van der Waals surface area contributed by atoms with Gasteiger partial charge in [0.1, 0.15) is 5.78 Å². The molecule has 0 saturated heterocycles. The number of rotatable bonds is 1. The summed E-state index contributed by atoms with van der Waals surface area (Å²) in [6, 6.07) is 0. The van der Waals surface area contributed by atoms with Crippen molar-refractivity contribution in [3.05, 3.63) is 11.6 Å². The maximum atomic E-state index is 10.9. The Morgan fingerprint density at radius 3 is 2.90 bits per heavy atom. The number of ketones is 1. The molecule has 0 aliphatic heterocycles. The first-order chi connectivity index (χ1) is 4.83. The van der Waals surface area contributed by atoms with E-state index in [1.165, 1.54) is 5.57 Å². The second-order valence-corrected chi connectivity index (χ2v) is 2.84. The standard InChI is InChI=1S/C9H14O/c1-2-4-8-5-3-6-9(10)7-8/h4H,2-3,5-7H2,1H3/b8-4+. The molecule has 0 bridgehead atoms. The molecule has 1 saturated carbocycles. The Labute approximate surface area is 62.1 Å². The summed E-state index contributed by atoms with van der Waals surface area (Å²) in [6.45, 7) is 2.12. The van der Waals surface area contributed by atoms with Crippen LogP contribution in [0.4, 0.5) is 0 Å². The molecule has 10 heavy (non-hydrogen) atoms. The molecule has 1 nitrogen and oxygen atoms in total. The molecule has 56 valence electrons. The van der Waals surface area contributed by atoms with Crippen LogP contribution in [0, 0.1) is 0 Å². The van der Waals surface area contributed by atoms with Crippen molar-refractivity contribution in [1.29, 1.82) is 0 Å². The van der Waals surface area contributed by atoms with Gasteiger partial charge in [-0.05, 0) is 19.3 Å². The average Bonchev–Trinajstić information content (AvgIpc) is 1.88. The van der Waals surface area contributed by atoms with Gasteiger partial charge in [0, 0.05) is 12.8 Å². The summed E-state index contributed by atoms with van der Waals surface area (Å²) < 4.78 is 0. The first-order valence-electron chi connectivity index (χ1n) is 4.02. The Balaban J connectivity index is 2.47. The minimum absolute atomic E-state index is 0.422. The number of hydrogen-bond acceptors (Lipinski definition) is 1. The van der Waals surface area contributed by atoms with E-state index >= 15 is 0 Å². The van der Waals surface area contributed by atoms with Crippen molar-refractivity contribution in [1.82, 2.24) is 0 Å². The van der Waals surface area contributed by atoms with Crippen LogP contribution in [0.1, 0.15) is 39.0 Å². The number of hydrogen-bond donors (Lipinski definition) is 0. The van der Waals surface area contributed by atoms with Crippen molar-refractivity contribution in [3.8, 4) is 0 Å². The molecule has 1 heteroatoms. The average molecular weight is 138 g/mol. The fraction of sp³-hybridized carbons (Fsp3) is 0.667. The Morgan fingerprint density at radius 1 is 1.50 bits per heavy atom. The van der Waals surface area contributed by atoms with E-state index in [4.69, 9.17) is 0 Å². The number of allylic oxidation sites excluding steroid dienone is 2. The molecular weight excluding hydrogens is 124 g/mol. The van der Waals surface area contributed by atoms with Gasteiger partial charge in [0.2, 0.25) is 0 Å². The minimum Gasteiger partial charge on any atom is -0.299 e. The predicted octanol–water partition coefficient (Wildman–Crippen LogP) is 2.47. The molecule has 0 aromatic carbocycles. The van der Waals surface area contributed by atoms with E-state index in [2.05, 4.69) is 13.0 Å². The maximum absolute atomic E-state index is 10.9. The summed E-state index contributed by atoms with van der Waals surface area (Å²) in [7, 11) is 0. The molecule has 0 spiro atoms. The predicted molar refractivity (Wildman–Crippen MR) is 41.8 cm³/mol. The van der Waals surface area contributed by atoms with Gasteiger partial charge in [-0.3, -0.25) is 4.79 Å². The van der Waals surface area contributed by atoms with Crippen LogP contribution < -0.4 is 0 Å². The third-order valence-electron chi connectivity index (χ3n) is 1.87. The zero-order valence-corrected chi connectivity index (χ0v) is 6.52. The van der Waals surface area contributed by atoms with Crippen LogP contribution in [0.15, 0.2) is 11.6 Å². The first-order valence-corrected chi connectivity index (χ1v) is 4.02. The monoisotopic (exact) mass is 138 g/mol. The van der Waals surface area contributed by atoms with E-state index < -0.39 is 0 Å². The summed E-state index contributed by atoms with van der Waals surface area (Å²) in [5.74, 6) is 0.422. The van der Waals surface area contributed by atoms with Gasteiger partial charge in [0.05, 0.1) is 0 Å². The highest BCUT2D eigenvalue weighted by atomic mass is 16.1. The Kier molecular flexibility index (Phi) is 2.67. The lowest BCUT2D eigenvalue weighted by Crippen LogP contribution is -2.06. The molecule has 0 radical (unpaired) electrons. The van der Waals surface area contributed by atoms with Gasteiger partial charge in [-0.15, -0.1) is 0 Å². The largest absolute Gasteiger partial charge is 0.299 e. The van der Waals surface area contributed by atoms with Gasteiger partial charge in [-0.2, -0.15) is 0 Å². The van der Waals surface area contributed by atoms with Crippen LogP contribution in [0.3, 0.4) is 0 Å². The summed E-state index contributed by atoms with van der Waals surface area (Å²) in [5.41, 5.74) is 1.36. The van der Waals surface area contributed by atoms with Gasteiger partial charge in [-0.25, -0.2) is 0 Å². The van der Waals surface area contributed by atoms with Crippen LogP contribution in [-0.2, 0) is 4.79 Å². The SMILES string of the molecule is CC/C=C1\CCCC(=O)C1. The van der Waals surface area contributed by atoms with Crippen molar-refractivity contribution >= 4 is 5.78 Å². The number of carbonyl (C=O) groups is 1. The Hall–Kier alpha value is -0.590. The maximum Gasteiger partial charge on any atom is 0.136 e. The zero-order chi connectivity index (χ0) is 7.40. The molecule has 0 atom stereocenters. The van der Waals surface area contributed by atoms with Crippen LogP contribution >= 0.6 is 0 Å². The third-order valence-corrected chi connectivity index (χ3v) is 1.87. The topological polar surface area (TPSA) is 17.1 Å². The fourth-order valence-electron chi connectivity index (χ4n) is 1.41. The summed E-state index contributed by atoms with van der Waals surface area (Å²) in [4.78, 5) is 10.9. The van der Waals surface area contributed by atoms with E-state index in [0.29, 0.717) is 5.78 Å². The van der Waals surface area contributed by atoms with E-state index in [1.54, 1.807) is 0 Å². The molecule has 0 heterocycles. The molecule has 0 N–H and O–H groups in total.